The Bertz CT molecular complexity index is 1460. The highest BCUT2D eigenvalue weighted by Crippen LogP contribution is 2.31. The summed E-state index contributed by atoms with van der Waals surface area (Å²) in [4.78, 5) is 22.2. The number of fused-ring (bicyclic) bond motifs is 2. The van der Waals surface area contributed by atoms with Gasteiger partial charge in [-0.3, -0.25) is 0 Å². The number of para-hydroxylation sites is 1. The first-order valence-electron chi connectivity index (χ1n) is 9.28. The van der Waals surface area contributed by atoms with E-state index in [0.717, 1.165) is 16.3 Å². The van der Waals surface area contributed by atoms with Gasteiger partial charge in [0.25, 0.3) is 0 Å². The van der Waals surface area contributed by atoms with Crippen molar-refractivity contribution in [3.05, 3.63) is 88.2 Å². The third-order valence-corrected chi connectivity index (χ3v) is 5.12. The number of rotatable bonds is 3. The average molecular weight is 415 g/mol. The molecular formula is C24H15ClN2O3. The summed E-state index contributed by atoms with van der Waals surface area (Å²) in [5, 5.41) is 2.13. The van der Waals surface area contributed by atoms with Crippen LogP contribution < -0.4 is 10.4 Å². The van der Waals surface area contributed by atoms with Crippen LogP contribution in [0.25, 0.3) is 44.5 Å². The van der Waals surface area contributed by atoms with Crippen LogP contribution in [0.4, 0.5) is 0 Å². The molecule has 2 heterocycles. The number of nitrogens with zero attached hydrogens (tertiary/aromatic N) is 2. The van der Waals surface area contributed by atoms with Crippen molar-refractivity contribution in [2.24, 2.45) is 0 Å². The molecule has 0 spiro atoms. The molecule has 0 atom stereocenters. The molecule has 3 aromatic carbocycles. The van der Waals surface area contributed by atoms with Crippen LogP contribution in [0.3, 0.4) is 0 Å². The lowest BCUT2D eigenvalue weighted by molar-refractivity contribution is 0.407. The molecule has 5 rings (SSSR count). The van der Waals surface area contributed by atoms with Crippen LogP contribution in [0.15, 0.2) is 82.0 Å². The van der Waals surface area contributed by atoms with Crippen LogP contribution in [0.2, 0.25) is 5.02 Å². The van der Waals surface area contributed by atoms with E-state index in [-0.39, 0.29) is 5.56 Å². The van der Waals surface area contributed by atoms with E-state index in [1.807, 2.05) is 54.6 Å². The normalized spacial score (nSPS) is 11.1. The van der Waals surface area contributed by atoms with Crippen molar-refractivity contribution in [1.29, 1.82) is 0 Å². The maximum absolute atomic E-state index is 12.8. The van der Waals surface area contributed by atoms with Gasteiger partial charge in [0.05, 0.1) is 18.3 Å². The molecule has 0 aliphatic heterocycles. The minimum atomic E-state index is -0.528. The minimum absolute atomic E-state index is 0.282. The molecule has 0 saturated heterocycles. The monoisotopic (exact) mass is 414 g/mol. The number of methoxy groups -OCH3 is 1. The van der Waals surface area contributed by atoms with E-state index in [1.165, 1.54) is 7.11 Å². The van der Waals surface area contributed by atoms with Crippen LogP contribution in [-0.2, 0) is 0 Å². The molecule has 30 heavy (non-hydrogen) atoms. The van der Waals surface area contributed by atoms with E-state index in [2.05, 4.69) is 4.98 Å². The lowest BCUT2D eigenvalue weighted by Crippen LogP contribution is -2.07. The lowest BCUT2D eigenvalue weighted by atomic mass is 10.1. The van der Waals surface area contributed by atoms with Gasteiger partial charge in [0.1, 0.15) is 5.56 Å². The smallest absolute Gasteiger partial charge is 0.347 e. The van der Waals surface area contributed by atoms with E-state index < -0.39 is 5.63 Å². The number of aromatic nitrogens is 2. The second kappa shape index (κ2) is 7.28. The van der Waals surface area contributed by atoms with Crippen molar-refractivity contribution in [2.45, 2.75) is 0 Å². The Balaban J connectivity index is 1.81. The van der Waals surface area contributed by atoms with Gasteiger partial charge in [-0.15, -0.1) is 0 Å². The van der Waals surface area contributed by atoms with Gasteiger partial charge in [0.15, 0.2) is 17.2 Å². The number of benzene rings is 3. The van der Waals surface area contributed by atoms with Crippen molar-refractivity contribution in [3.63, 3.8) is 0 Å². The molecule has 0 fully saturated rings. The second-order valence-electron chi connectivity index (χ2n) is 6.75. The lowest BCUT2D eigenvalue weighted by Gasteiger charge is -2.10. The highest BCUT2D eigenvalue weighted by atomic mass is 35.5. The number of hydrogen-bond donors (Lipinski definition) is 0. The van der Waals surface area contributed by atoms with Gasteiger partial charge in [-0.25, -0.2) is 14.8 Å². The highest BCUT2D eigenvalue weighted by molar-refractivity contribution is 6.31. The molecule has 146 valence electrons. The Hall–Kier alpha value is -3.70. The quantitative estimate of drug-likeness (QED) is 0.352. The first-order chi connectivity index (χ1) is 14.6. The summed E-state index contributed by atoms with van der Waals surface area (Å²) < 4.78 is 10.9. The topological polar surface area (TPSA) is 65.2 Å². The van der Waals surface area contributed by atoms with Gasteiger partial charge >= 0.3 is 5.63 Å². The number of halogens is 1. The van der Waals surface area contributed by atoms with Crippen molar-refractivity contribution >= 4 is 33.5 Å². The summed E-state index contributed by atoms with van der Waals surface area (Å²) >= 11 is 6.22. The summed E-state index contributed by atoms with van der Waals surface area (Å²) in [5.41, 5.74) is 2.44. The van der Waals surface area contributed by atoms with Crippen LogP contribution in [0.5, 0.6) is 5.75 Å². The van der Waals surface area contributed by atoms with Crippen molar-refractivity contribution < 1.29 is 9.15 Å². The molecule has 2 aromatic heterocycles. The molecule has 0 unspecified atom stereocenters. The van der Waals surface area contributed by atoms with Crippen LogP contribution in [0.1, 0.15) is 0 Å². The van der Waals surface area contributed by atoms with Gasteiger partial charge in [0, 0.05) is 21.4 Å². The van der Waals surface area contributed by atoms with Crippen LogP contribution >= 0.6 is 11.6 Å². The van der Waals surface area contributed by atoms with Crippen molar-refractivity contribution in [2.75, 3.05) is 7.11 Å². The second-order valence-corrected chi connectivity index (χ2v) is 7.19. The molecule has 0 amide bonds. The van der Waals surface area contributed by atoms with Crippen molar-refractivity contribution in [1.82, 2.24) is 9.97 Å². The fraction of sp³-hybridized carbons (Fsp3) is 0.0417. The number of ether oxygens (including phenoxy) is 1. The standard InChI is InChI=1S/C24H15ClN2O3/c1-29-20-9-5-8-15-12-18(24(28)30-22(15)20)23-26-19-11-10-16(25)13-17(19)21(27-23)14-6-3-2-4-7-14/h2-13H,1H3. The van der Waals surface area contributed by atoms with Crippen molar-refractivity contribution in [3.8, 4) is 28.4 Å². The van der Waals surface area contributed by atoms with Gasteiger partial charge in [0.2, 0.25) is 0 Å². The molecule has 6 heteroatoms. The number of hydrogen-bond acceptors (Lipinski definition) is 5. The molecule has 0 N–H and O–H groups in total. The van der Waals surface area contributed by atoms with E-state index in [1.54, 1.807) is 18.2 Å². The maximum Gasteiger partial charge on any atom is 0.347 e. The van der Waals surface area contributed by atoms with Gasteiger partial charge < -0.3 is 9.15 Å². The van der Waals surface area contributed by atoms with Gasteiger partial charge in [-0.2, -0.15) is 0 Å². The SMILES string of the molecule is COc1cccc2cc(-c3nc(-c4ccccc4)c4cc(Cl)ccc4n3)c(=O)oc12. The fourth-order valence-corrected chi connectivity index (χ4v) is 3.64. The summed E-state index contributed by atoms with van der Waals surface area (Å²) in [6.45, 7) is 0. The molecule has 0 saturated carbocycles. The molecule has 0 aliphatic rings. The first-order valence-corrected chi connectivity index (χ1v) is 9.66. The summed E-state index contributed by atoms with van der Waals surface area (Å²) in [6, 6.07) is 22.3. The third-order valence-electron chi connectivity index (χ3n) is 4.89. The Morgan fingerprint density at radius 2 is 1.77 bits per heavy atom. The van der Waals surface area contributed by atoms with E-state index in [4.69, 9.17) is 25.7 Å². The van der Waals surface area contributed by atoms with Gasteiger partial charge in [-0.1, -0.05) is 54.1 Å². The largest absolute Gasteiger partial charge is 0.493 e. The Morgan fingerprint density at radius 1 is 0.933 bits per heavy atom. The minimum Gasteiger partial charge on any atom is -0.493 e. The predicted molar refractivity (Wildman–Crippen MR) is 118 cm³/mol. The van der Waals surface area contributed by atoms with Gasteiger partial charge in [-0.05, 0) is 30.3 Å². The average Bonchev–Trinajstić information content (AvgIpc) is 2.78. The zero-order valence-corrected chi connectivity index (χ0v) is 16.7. The van der Waals surface area contributed by atoms with E-state index >= 15 is 0 Å². The summed E-state index contributed by atoms with van der Waals surface area (Å²) in [7, 11) is 1.53. The molecule has 0 radical (unpaired) electrons. The fourth-order valence-electron chi connectivity index (χ4n) is 3.47. The molecule has 0 bridgehead atoms. The Kier molecular flexibility index (Phi) is 4.45. The first kappa shape index (κ1) is 18.3. The molecule has 0 aliphatic carbocycles. The molecular weight excluding hydrogens is 400 g/mol. The predicted octanol–water partition coefficient (Wildman–Crippen LogP) is 5.73. The van der Waals surface area contributed by atoms with E-state index in [9.17, 15) is 4.79 Å². The zero-order valence-electron chi connectivity index (χ0n) is 15.9. The molecule has 5 nitrogen and oxygen atoms in total. The van der Waals surface area contributed by atoms with Crippen LogP contribution in [-0.4, -0.2) is 17.1 Å². The zero-order chi connectivity index (χ0) is 20.7. The summed E-state index contributed by atoms with van der Waals surface area (Å²) in [5.74, 6) is 0.789. The molecule has 5 aromatic rings. The third kappa shape index (κ3) is 3.09. The Labute approximate surface area is 176 Å². The van der Waals surface area contributed by atoms with Crippen LogP contribution in [0, 0.1) is 0 Å². The Morgan fingerprint density at radius 3 is 2.57 bits per heavy atom. The highest BCUT2D eigenvalue weighted by Gasteiger charge is 2.17. The van der Waals surface area contributed by atoms with E-state index in [0.29, 0.717) is 33.4 Å². The maximum atomic E-state index is 12.8. The summed E-state index contributed by atoms with van der Waals surface area (Å²) in [6.07, 6.45) is 0.